The first-order chi connectivity index (χ1) is 4.59. The van der Waals surface area contributed by atoms with Crippen molar-refractivity contribution in [3.05, 3.63) is 14.0 Å². The molecule has 0 aliphatic rings. The summed E-state index contributed by atoms with van der Waals surface area (Å²) in [7, 11) is 0. The van der Waals surface area contributed by atoms with Gasteiger partial charge >= 0.3 is 0 Å². The van der Waals surface area contributed by atoms with Crippen LogP contribution in [0.1, 0.15) is 27.7 Å². The first-order valence-corrected chi connectivity index (χ1v) is 3.67. The van der Waals surface area contributed by atoms with Gasteiger partial charge in [-0.2, -0.15) is 6.92 Å². The average Bonchev–Trinajstić information content (AvgIpc) is 1.87. The minimum absolute atomic E-state index is 0. The van der Waals surface area contributed by atoms with Gasteiger partial charge in [-0.25, -0.2) is 6.54 Å². The summed E-state index contributed by atoms with van der Waals surface area (Å²) in [4.78, 5) is 11.0. The fourth-order valence-corrected chi connectivity index (χ4v) is 0.576. The van der Waals surface area contributed by atoms with Gasteiger partial charge in [0.15, 0.2) is 5.91 Å². The third kappa shape index (κ3) is 7.24. The van der Waals surface area contributed by atoms with Crippen LogP contribution in [0.2, 0.25) is 0 Å². The molecule has 71 valence electrons. The second-order valence-electron chi connectivity index (χ2n) is 2.83. The van der Waals surface area contributed by atoms with Crippen LogP contribution in [0.3, 0.4) is 0 Å². The van der Waals surface area contributed by atoms with Crippen molar-refractivity contribution in [2.75, 3.05) is 0 Å². The van der Waals surface area contributed by atoms with E-state index in [4.69, 9.17) is 0 Å². The van der Waals surface area contributed by atoms with Crippen molar-refractivity contribution in [1.29, 1.82) is 0 Å². The SMILES string of the molecule is C[CH-]NC(=O)C(C)C(C)C.[CH3-].[Y]. The van der Waals surface area contributed by atoms with Crippen LogP contribution in [0.4, 0.5) is 0 Å². The molecule has 0 aromatic carbocycles. The molecule has 1 unspecified atom stereocenters. The molecule has 1 N–H and O–H groups in total. The zero-order valence-corrected chi connectivity index (χ0v) is 11.6. The van der Waals surface area contributed by atoms with E-state index in [0.29, 0.717) is 5.92 Å². The molecule has 0 aliphatic carbocycles. The van der Waals surface area contributed by atoms with Crippen molar-refractivity contribution in [3.8, 4) is 0 Å². The van der Waals surface area contributed by atoms with Gasteiger partial charge in [-0.1, -0.05) is 20.8 Å². The Labute approximate surface area is 102 Å². The van der Waals surface area contributed by atoms with Gasteiger partial charge in [0.05, 0.1) is 0 Å². The Hall–Kier alpha value is 0.574. The third-order valence-electron chi connectivity index (χ3n) is 1.70. The molecule has 1 atom stereocenters. The minimum Gasteiger partial charge on any atom is -0.506 e. The number of carbonyl (C=O) groups is 1. The summed E-state index contributed by atoms with van der Waals surface area (Å²) in [6, 6.07) is 0. The first-order valence-electron chi connectivity index (χ1n) is 3.67. The molecule has 12 heavy (non-hydrogen) atoms. The maximum absolute atomic E-state index is 11.0. The predicted molar refractivity (Wildman–Crippen MR) is 48.5 cm³/mol. The Morgan fingerprint density at radius 3 is 2.00 bits per heavy atom. The molecule has 0 spiro atoms. The zero-order valence-electron chi connectivity index (χ0n) is 8.72. The van der Waals surface area contributed by atoms with E-state index in [2.05, 4.69) is 5.32 Å². The van der Waals surface area contributed by atoms with Crippen LogP contribution in [0.15, 0.2) is 0 Å². The monoisotopic (exact) mass is 246 g/mol. The van der Waals surface area contributed by atoms with Crippen molar-refractivity contribution < 1.29 is 37.5 Å². The van der Waals surface area contributed by atoms with E-state index in [-0.39, 0.29) is 52.0 Å². The van der Waals surface area contributed by atoms with Gasteiger partial charge in [0.1, 0.15) is 0 Å². The van der Waals surface area contributed by atoms with Gasteiger partial charge in [-0.05, 0) is 5.92 Å². The second-order valence-corrected chi connectivity index (χ2v) is 2.83. The molecule has 0 aromatic heterocycles. The fraction of sp³-hybridized carbons (Fsp3) is 0.667. The molecule has 0 saturated carbocycles. The van der Waals surface area contributed by atoms with Crippen molar-refractivity contribution in [2.45, 2.75) is 27.7 Å². The van der Waals surface area contributed by atoms with E-state index in [9.17, 15) is 4.79 Å². The van der Waals surface area contributed by atoms with Gasteiger partial charge < -0.3 is 12.7 Å². The largest absolute Gasteiger partial charge is 0.506 e. The van der Waals surface area contributed by atoms with Gasteiger partial charge in [0, 0.05) is 38.6 Å². The third-order valence-corrected chi connectivity index (χ3v) is 1.70. The van der Waals surface area contributed by atoms with E-state index in [0.717, 1.165) is 0 Å². The van der Waals surface area contributed by atoms with Crippen molar-refractivity contribution in [2.24, 2.45) is 11.8 Å². The van der Waals surface area contributed by atoms with E-state index >= 15 is 0 Å². The number of rotatable bonds is 3. The summed E-state index contributed by atoms with van der Waals surface area (Å²) in [5, 5.41) is 2.66. The average molecular weight is 246 g/mol. The summed E-state index contributed by atoms with van der Waals surface area (Å²) in [5.41, 5.74) is 0. The summed E-state index contributed by atoms with van der Waals surface area (Å²) in [5.74, 6) is 0.633. The van der Waals surface area contributed by atoms with Crippen LogP contribution >= 0.6 is 0 Å². The summed E-state index contributed by atoms with van der Waals surface area (Å²) in [6.45, 7) is 9.50. The summed E-state index contributed by atoms with van der Waals surface area (Å²) < 4.78 is 0. The maximum atomic E-state index is 11.0. The van der Waals surface area contributed by atoms with Crippen LogP contribution in [-0.4, -0.2) is 5.91 Å². The topological polar surface area (TPSA) is 29.1 Å². The quantitative estimate of drug-likeness (QED) is 0.758. The zero-order chi connectivity index (χ0) is 8.15. The Balaban J connectivity index is -0.000000405. The van der Waals surface area contributed by atoms with Crippen molar-refractivity contribution in [3.63, 3.8) is 0 Å². The maximum Gasteiger partial charge on any atom is 0.194 e. The van der Waals surface area contributed by atoms with Gasteiger partial charge in [0.25, 0.3) is 0 Å². The molecule has 1 radical (unpaired) electrons. The van der Waals surface area contributed by atoms with Crippen LogP contribution < -0.4 is 5.32 Å². The molecule has 0 aromatic rings. The fourth-order valence-electron chi connectivity index (χ4n) is 0.576. The molecular weight excluding hydrogens is 227 g/mol. The number of carbonyl (C=O) groups excluding carboxylic acids is 1. The van der Waals surface area contributed by atoms with Gasteiger partial charge in [0.2, 0.25) is 0 Å². The van der Waals surface area contributed by atoms with E-state index in [1.165, 1.54) is 0 Å². The van der Waals surface area contributed by atoms with E-state index in [1.54, 1.807) is 6.54 Å². The van der Waals surface area contributed by atoms with Crippen LogP contribution in [-0.2, 0) is 37.5 Å². The first kappa shape index (κ1) is 18.4. The summed E-state index contributed by atoms with van der Waals surface area (Å²) >= 11 is 0. The number of nitrogens with one attached hydrogen (secondary N) is 1. The van der Waals surface area contributed by atoms with E-state index < -0.39 is 0 Å². The molecule has 2 nitrogen and oxygen atoms in total. The minimum atomic E-state index is 0. The predicted octanol–water partition coefficient (Wildman–Crippen LogP) is 2.02. The molecule has 0 saturated heterocycles. The Kier molecular flexibility index (Phi) is 14.8. The number of hydrogen-bond acceptors (Lipinski definition) is 1. The summed E-state index contributed by atoms with van der Waals surface area (Å²) in [6.07, 6.45) is 0. The van der Waals surface area contributed by atoms with Crippen LogP contribution in [0, 0.1) is 25.8 Å². The molecule has 0 heterocycles. The molecule has 0 bridgehead atoms. The molecular formula is C9H19NOY-2. The van der Waals surface area contributed by atoms with Gasteiger partial charge in [-0.15, -0.1) is 0 Å². The Bertz CT molecular complexity index is 115. The Morgan fingerprint density at radius 1 is 1.33 bits per heavy atom. The van der Waals surface area contributed by atoms with Crippen molar-refractivity contribution >= 4 is 5.91 Å². The molecule has 3 heteroatoms. The number of hydrogen-bond donors (Lipinski definition) is 1. The van der Waals surface area contributed by atoms with Crippen LogP contribution in [0.25, 0.3) is 0 Å². The van der Waals surface area contributed by atoms with Gasteiger partial charge in [-0.3, -0.25) is 4.79 Å². The molecule has 1 amide bonds. The number of amides is 1. The van der Waals surface area contributed by atoms with Crippen molar-refractivity contribution in [1.82, 2.24) is 5.32 Å². The molecule has 0 fully saturated rings. The smallest absolute Gasteiger partial charge is 0.194 e. The molecule has 0 rings (SSSR count). The van der Waals surface area contributed by atoms with Crippen LogP contribution in [0.5, 0.6) is 0 Å². The second kappa shape index (κ2) is 9.66. The normalized spacial score (nSPS) is 11.1. The van der Waals surface area contributed by atoms with E-state index in [1.807, 2.05) is 27.7 Å². The Morgan fingerprint density at radius 2 is 1.75 bits per heavy atom. The molecule has 0 aliphatic heterocycles. The standard InChI is InChI=1S/C8H16NO.CH3.Y/c1-5-9-8(10)7(4)6(2)3;;/h5-7H,1-4H3,(H,9,10);1H3;/q2*-1;.